The number of anilines is 1. The number of rotatable bonds is 6. The van der Waals surface area contributed by atoms with E-state index in [2.05, 4.69) is 25.3 Å². The quantitative estimate of drug-likeness (QED) is 0.343. The molecule has 2 aliphatic rings. The lowest BCUT2D eigenvalue weighted by atomic mass is 9.52. The number of ether oxygens (including phenoxy) is 1. The highest BCUT2D eigenvalue weighted by molar-refractivity contribution is 6.33. The van der Waals surface area contributed by atoms with E-state index in [1.165, 1.54) is 0 Å². The first-order valence-corrected chi connectivity index (χ1v) is 11.8. The van der Waals surface area contributed by atoms with Gasteiger partial charge in [-0.2, -0.15) is 32.8 Å². The van der Waals surface area contributed by atoms with Gasteiger partial charge in [0.25, 0.3) is 5.78 Å². The number of nitrogens with one attached hydrogen (secondary N) is 1. The summed E-state index contributed by atoms with van der Waals surface area (Å²) in [6.45, 7) is 0.860. The van der Waals surface area contributed by atoms with Gasteiger partial charge in [0.15, 0.2) is 0 Å². The second-order valence-electron chi connectivity index (χ2n) is 9.94. The van der Waals surface area contributed by atoms with Crippen LogP contribution in [0.2, 0.25) is 5.15 Å². The van der Waals surface area contributed by atoms with Crippen LogP contribution in [0.5, 0.6) is 5.75 Å². The molecule has 1 N–H and O–H groups in total. The third kappa shape index (κ3) is 4.34. The Morgan fingerprint density at radius 3 is 2.36 bits per heavy atom. The Balaban J connectivity index is 1.43. The molecule has 7 nitrogen and oxygen atoms in total. The van der Waals surface area contributed by atoms with Gasteiger partial charge >= 0.3 is 6.18 Å². The molecule has 0 unspecified atom stereocenters. The lowest BCUT2D eigenvalue weighted by Gasteiger charge is -2.58. The number of benzene rings is 1. The summed E-state index contributed by atoms with van der Waals surface area (Å²) in [5, 5.41) is 5.63. The second-order valence-corrected chi connectivity index (χ2v) is 10.3. The van der Waals surface area contributed by atoms with Crippen molar-refractivity contribution < 1.29 is 26.7 Å². The average Bonchev–Trinajstić information content (AvgIpc) is 3.17. The molecular weight excluding hydrogens is 507 g/mol. The maximum absolute atomic E-state index is 15.3. The SMILES string of the molecule is C[C@H](Nc1c(-c2c(F)cc(OC3CC4(C3)CC(N(C)C)C4)cc2F)c(Cl)nc2ncnn12)C(F)(F)F. The van der Waals surface area contributed by atoms with Crippen LogP contribution in [0.1, 0.15) is 32.6 Å². The minimum absolute atomic E-state index is 0.00108. The van der Waals surface area contributed by atoms with Crippen molar-refractivity contribution in [2.45, 2.75) is 57.0 Å². The van der Waals surface area contributed by atoms with Crippen LogP contribution >= 0.6 is 11.6 Å². The molecule has 36 heavy (non-hydrogen) atoms. The summed E-state index contributed by atoms with van der Waals surface area (Å²) in [5.41, 5.74) is -0.815. The number of alkyl halides is 3. The molecule has 2 heterocycles. The summed E-state index contributed by atoms with van der Waals surface area (Å²) in [6, 6.07) is 0.473. The van der Waals surface area contributed by atoms with Gasteiger partial charge < -0.3 is 15.0 Å². The molecule has 2 aliphatic carbocycles. The Labute approximate surface area is 208 Å². The van der Waals surface area contributed by atoms with Crippen molar-refractivity contribution in [1.82, 2.24) is 24.5 Å². The van der Waals surface area contributed by atoms with Gasteiger partial charge in [0.1, 0.15) is 40.7 Å². The van der Waals surface area contributed by atoms with E-state index in [1.54, 1.807) is 0 Å². The maximum Gasteiger partial charge on any atom is 0.408 e. The normalized spacial score (nSPS) is 24.6. The topological polar surface area (TPSA) is 67.6 Å². The summed E-state index contributed by atoms with van der Waals surface area (Å²) in [4.78, 5) is 9.94. The van der Waals surface area contributed by atoms with Crippen molar-refractivity contribution in [3.05, 3.63) is 35.2 Å². The summed E-state index contributed by atoms with van der Waals surface area (Å²) >= 11 is 6.20. The van der Waals surface area contributed by atoms with Crippen molar-refractivity contribution in [3.8, 4) is 16.9 Å². The summed E-state index contributed by atoms with van der Waals surface area (Å²) < 4.78 is 77.2. The fraction of sp³-hybridized carbons (Fsp3) is 0.522. The van der Waals surface area contributed by atoms with Gasteiger partial charge in [-0.3, -0.25) is 0 Å². The minimum Gasteiger partial charge on any atom is -0.490 e. The summed E-state index contributed by atoms with van der Waals surface area (Å²) in [7, 11) is 4.09. The molecule has 0 aliphatic heterocycles. The van der Waals surface area contributed by atoms with Crippen LogP contribution < -0.4 is 10.1 Å². The zero-order valence-corrected chi connectivity index (χ0v) is 20.5. The van der Waals surface area contributed by atoms with Crippen LogP contribution in [0.3, 0.4) is 0 Å². The van der Waals surface area contributed by atoms with Crippen molar-refractivity contribution in [2.24, 2.45) is 5.41 Å². The van der Waals surface area contributed by atoms with E-state index in [1.807, 2.05) is 14.1 Å². The van der Waals surface area contributed by atoms with E-state index in [0.29, 0.717) is 6.04 Å². The number of aromatic nitrogens is 4. The van der Waals surface area contributed by atoms with Gasteiger partial charge in [-0.1, -0.05) is 11.6 Å². The molecule has 0 bridgehead atoms. The van der Waals surface area contributed by atoms with E-state index in [-0.39, 0.29) is 28.9 Å². The van der Waals surface area contributed by atoms with E-state index < -0.39 is 40.1 Å². The Morgan fingerprint density at radius 2 is 1.78 bits per heavy atom. The first-order chi connectivity index (χ1) is 16.9. The molecular formula is C23H24ClF5N6O. The molecule has 0 saturated heterocycles. The smallest absolute Gasteiger partial charge is 0.408 e. The number of nitrogens with zero attached hydrogens (tertiary/aromatic N) is 5. The van der Waals surface area contributed by atoms with Gasteiger partial charge in [-0.25, -0.2) is 8.78 Å². The van der Waals surface area contributed by atoms with Crippen molar-refractivity contribution in [1.29, 1.82) is 0 Å². The van der Waals surface area contributed by atoms with E-state index in [4.69, 9.17) is 16.3 Å². The largest absolute Gasteiger partial charge is 0.490 e. The molecule has 194 valence electrons. The molecule has 1 aromatic carbocycles. The number of fused-ring (bicyclic) bond motifs is 1. The molecule has 2 aromatic heterocycles. The lowest BCUT2D eigenvalue weighted by Crippen LogP contribution is -2.57. The molecule has 3 aromatic rings. The molecule has 0 amide bonds. The number of hydrogen-bond donors (Lipinski definition) is 1. The van der Waals surface area contributed by atoms with Gasteiger partial charge in [0.05, 0.1) is 17.2 Å². The number of hydrogen-bond acceptors (Lipinski definition) is 6. The highest BCUT2D eigenvalue weighted by Crippen LogP contribution is 2.57. The predicted octanol–water partition coefficient (Wildman–Crippen LogP) is 5.34. The lowest BCUT2D eigenvalue weighted by molar-refractivity contribution is -0.138. The first-order valence-electron chi connectivity index (χ1n) is 11.4. The van der Waals surface area contributed by atoms with Gasteiger partial charge in [-0.15, -0.1) is 0 Å². The fourth-order valence-corrected chi connectivity index (χ4v) is 5.40. The average molecular weight is 531 g/mol. The van der Waals surface area contributed by atoms with Crippen LogP contribution in [0.4, 0.5) is 27.8 Å². The van der Waals surface area contributed by atoms with Crippen molar-refractivity contribution in [3.63, 3.8) is 0 Å². The molecule has 1 spiro atoms. The van der Waals surface area contributed by atoms with E-state index >= 15 is 8.78 Å². The monoisotopic (exact) mass is 530 g/mol. The Kier molecular flexibility index (Phi) is 6.02. The van der Waals surface area contributed by atoms with Gasteiger partial charge in [0, 0.05) is 18.2 Å². The van der Waals surface area contributed by atoms with Crippen LogP contribution in [0.25, 0.3) is 16.9 Å². The van der Waals surface area contributed by atoms with Crippen molar-refractivity contribution in [2.75, 3.05) is 19.4 Å². The van der Waals surface area contributed by atoms with Gasteiger partial charge in [-0.05, 0) is 52.1 Å². The van der Waals surface area contributed by atoms with E-state index in [9.17, 15) is 13.2 Å². The highest BCUT2D eigenvalue weighted by atomic mass is 35.5. The minimum atomic E-state index is -4.65. The summed E-state index contributed by atoms with van der Waals surface area (Å²) in [6.07, 6.45) is 0.00767. The van der Waals surface area contributed by atoms with E-state index in [0.717, 1.165) is 55.6 Å². The fourth-order valence-electron chi connectivity index (χ4n) is 5.14. The van der Waals surface area contributed by atoms with Crippen molar-refractivity contribution >= 4 is 23.2 Å². The zero-order chi connectivity index (χ0) is 26.0. The molecule has 2 saturated carbocycles. The van der Waals surface area contributed by atoms with Crippen LogP contribution in [-0.2, 0) is 0 Å². The van der Waals surface area contributed by atoms with Crippen LogP contribution in [0.15, 0.2) is 18.5 Å². The Morgan fingerprint density at radius 1 is 1.14 bits per heavy atom. The Bertz CT molecular complexity index is 1280. The van der Waals surface area contributed by atoms with Crippen LogP contribution in [-0.4, -0.2) is 62.9 Å². The molecule has 1 atom stereocenters. The predicted molar refractivity (Wildman–Crippen MR) is 123 cm³/mol. The van der Waals surface area contributed by atoms with Gasteiger partial charge in [0.2, 0.25) is 0 Å². The highest BCUT2D eigenvalue weighted by Gasteiger charge is 2.54. The first kappa shape index (κ1) is 24.9. The maximum atomic E-state index is 15.3. The third-order valence-corrected chi connectivity index (χ3v) is 7.46. The molecule has 2 fully saturated rings. The molecule has 0 radical (unpaired) electrons. The third-order valence-electron chi connectivity index (χ3n) is 7.18. The van der Waals surface area contributed by atoms with Crippen LogP contribution in [0, 0.1) is 17.0 Å². The molecule has 5 rings (SSSR count). The second kappa shape index (κ2) is 8.69. The number of halogens is 6. The summed E-state index contributed by atoms with van der Waals surface area (Å²) in [5.74, 6) is -2.63. The Hall–Kier alpha value is -2.73. The zero-order valence-electron chi connectivity index (χ0n) is 19.7. The molecule has 13 heteroatoms. The standard InChI is InChI=1S/C23H24ClF5N6O/c1-11(23(27,28)29)32-20-18(19(24)33-21-30-10-31-35(20)21)17-15(25)4-13(5-16(17)26)36-14-8-22(9-14)6-12(7-22)34(2)3/h4-5,10-12,14,32H,6-9H2,1-3H3/t11-,12?,14?,22?/m0/s1.